The maximum Gasteiger partial charge on any atom is 0.251 e. The van der Waals surface area contributed by atoms with Crippen molar-refractivity contribution in [1.82, 2.24) is 35.5 Å². The summed E-state index contributed by atoms with van der Waals surface area (Å²) in [5.41, 5.74) is 12.9. The molecule has 0 saturated carbocycles. The lowest BCUT2D eigenvalue weighted by molar-refractivity contribution is -0.582. The molecule has 0 bridgehead atoms. The quantitative estimate of drug-likeness (QED) is 0.0349. The summed E-state index contributed by atoms with van der Waals surface area (Å²) in [5, 5.41) is 21.1. The fraction of sp³-hybridized carbons (Fsp3) is 0.344. The number of hydrogen-bond donors (Lipinski definition) is 4. The first-order chi connectivity index (χ1) is 39.9. The predicted octanol–water partition coefficient (Wildman–Crippen LogP) is 6.46. The Kier molecular flexibility index (Phi) is 15.8. The van der Waals surface area contributed by atoms with E-state index in [1.165, 1.54) is 46.4 Å². The molecule has 0 atom stereocenters. The average Bonchev–Trinajstić information content (AvgIpc) is 4.20. The number of allylic oxidation sites excluding steroid dienone is 5. The number of amides is 2. The Morgan fingerprint density at radius 2 is 1.39 bits per heavy atom. The highest BCUT2D eigenvalue weighted by molar-refractivity contribution is 6.98. The maximum absolute atomic E-state index is 13.6. The number of ether oxygens (including phenoxy) is 3. The smallest absolute Gasteiger partial charge is 0.251 e. The van der Waals surface area contributed by atoms with Crippen LogP contribution in [-0.4, -0.2) is 167 Å². The molecule has 3 saturated heterocycles. The van der Waals surface area contributed by atoms with E-state index in [1.807, 2.05) is 36.4 Å². The Morgan fingerprint density at radius 1 is 0.683 bits per heavy atom. The van der Waals surface area contributed by atoms with Gasteiger partial charge in [0.2, 0.25) is 5.91 Å². The number of nitrogens with zero attached hydrogens (tertiary/aromatic N) is 6. The fourth-order valence-electron chi connectivity index (χ4n) is 11.6. The molecule has 0 radical (unpaired) electrons. The van der Waals surface area contributed by atoms with Gasteiger partial charge >= 0.3 is 0 Å². The van der Waals surface area contributed by atoms with Gasteiger partial charge < -0.3 is 59.4 Å². The molecule has 422 valence electrons. The van der Waals surface area contributed by atoms with Crippen molar-refractivity contribution in [3.05, 3.63) is 148 Å². The van der Waals surface area contributed by atoms with Crippen molar-refractivity contribution in [2.45, 2.75) is 38.8 Å². The summed E-state index contributed by atoms with van der Waals surface area (Å²) in [6, 6.07) is 31.7. The molecule has 2 amide bonds. The number of carboxylic acids is 1. The van der Waals surface area contributed by atoms with Crippen LogP contribution < -0.4 is 35.5 Å². The number of piperazine rings is 1. The van der Waals surface area contributed by atoms with Crippen molar-refractivity contribution in [2.75, 3.05) is 115 Å². The highest BCUT2D eigenvalue weighted by Crippen LogP contribution is 2.43. The van der Waals surface area contributed by atoms with Gasteiger partial charge in [0.1, 0.15) is 38.6 Å². The van der Waals surface area contributed by atoms with Gasteiger partial charge in [0.05, 0.1) is 67.5 Å². The molecule has 4 N–H and O–H groups in total. The van der Waals surface area contributed by atoms with E-state index in [0.717, 1.165) is 114 Å². The third-order valence-electron chi connectivity index (χ3n) is 16.6. The first-order valence-corrected chi connectivity index (χ1v) is 31.8. The fourth-order valence-corrected chi connectivity index (χ4v) is 14.6. The molecular formula is C64H70N10O7Si. The van der Waals surface area contributed by atoms with Gasteiger partial charge in [-0.1, -0.05) is 25.2 Å². The van der Waals surface area contributed by atoms with Crippen LogP contribution in [0.4, 0.5) is 11.4 Å². The number of nitrogens with one attached hydrogen (secondary N) is 4. The molecule has 5 aromatic carbocycles. The van der Waals surface area contributed by atoms with Gasteiger partial charge in [-0.3, -0.25) is 9.59 Å². The number of fused-ring (bicyclic) bond motifs is 4. The van der Waals surface area contributed by atoms with Crippen LogP contribution in [0.15, 0.2) is 126 Å². The van der Waals surface area contributed by atoms with E-state index in [4.69, 9.17) is 24.2 Å². The normalized spacial score (nSPS) is 16.6. The van der Waals surface area contributed by atoms with Crippen LogP contribution >= 0.6 is 0 Å². The second-order valence-electron chi connectivity index (χ2n) is 22.4. The molecule has 12 rings (SSSR count). The van der Waals surface area contributed by atoms with Gasteiger partial charge in [0.15, 0.2) is 5.71 Å². The van der Waals surface area contributed by atoms with Gasteiger partial charge in [0.25, 0.3) is 5.91 Å². The van der Waals surface area contributed by atoms with Crippen LogP contribution in [0.25, 0.3) is 50.4 Å². The topological polar surface area (TPSA) is 196 Å². The number of carbonyl (C=O) groups excluding carboxylic acids is 3. The van der Waals surface area contributed by atoms with Crippen LogP contribution in [0.1, 0.15) is 57.5 Å². The number of aromatic amines is 2. The zero-order valence-corrected chi connectivity index (χ0v) is 47.9. The zero-order valence-electron chi connectivity index (χ0n) is 46.9. The Bertz CT molecular complexity index is 3710. The van der Waals surface area contributed by atoms with Crippen LogP contribution in [-0.2, 0) is 14.3 Å². The Hall–Kier alpha value is -8.16. The number of benzene rings is 5. The highest BCUT2D eigenvalue weighted by Gasteiger charge is 2.42. The molecule has 18 heteroatoms. The number of likely N-dealkylation sites (N-methyl/N-ethyl adjacent to an activating group) is 1. The molecule has 2 aromatic heterocycles. The lowest BCUT2D eigenvalue weighted by Gasteiger charge is -2.40. The third-order valence-corrected chi connectivity index (χ3v) is 20.1. The maximum atomic E-state index is 13.6. The number of aromatic nitrogens is 4. The zero-order chi connectivity index (χ0) is 56.3. The van der Waals surface area contributed by atoms with Gasteiger partial charge in [-0.2, -0.15) is 0 Å². The van der Waals surface area contributed by atoms with Gasteiger partial charge in [0, 0.05) is 105 Å². The standard InChI is InChI=1S/C64H70N10O7Si/c1-71-28-30-74(31-29-71)45-14-21-54-56(39-45)70-62(68-54)43-11-20-53-55(38-43)69-61(67-53)42-8-15-48(16-9-42)81-32-4-7-59(75)65-22-33-79-35-36-80-34-23-66-63(76)44-10-17-49(64(77)78)52(37-44)60-50-18-12-46(72-24-5-25-72)40-57(50)82(2,3)58-41-47(13-19-51(58)60)73-26-6-27-73/h8-21,37-41H,4-7,22-36H2,1-3H3,(H4-,65,66,67,68,69,70,75,76,77,78). The summed E-state index contributed by atoms with van der Waals surface area (Å²) in [6.45, 7) is 15.2. The molecular weight excluding hydrogens is 1050 g/mol. The monoisotopic (exact) mass is 1120 g/mol. The molecule has 3 fully saturated rings. The van der Waals surface area contributed by atoms with Crippen molar-refractivity contribution in [3.63, 3.8) is 0 Å². The third kappa shape index (κ3) is 11.5. The van der Waals surface area contributed by atoms with Crippen LogP contribution in [0.2, 0.25) is 13.1 Å². The molecule has 7 aromatic rings. The Morgan fingerprint density at radius 3 is 2.13 bits per heavy atom. The highest BCUT2D eigenvalue weighted by atomic mass is 28.3. The number of imidazole rings is 2. The number of hydrogen-bond acceptors (Lipinski definition) is 12. The number of aromatic carboxylic acids is 1. The van der Waals surface area contributed by atoms with E-state index in [0.29, 0.717) is 62.7 Å². The van der Waals surface area contributed by atoms with Crippen LogP contribution in [0.3, 0.4) is 0 Å². The van der Waals surface area contributed by atoms with E-state index in [1.54, 1.807) is 12.1 Å². The average molecular weight is 1120 g/mol. The number of H-pyrrole nitrogens is 2. The summed E-state index contributed by atoms with van der Waals surface area (Å²) < 4.78 is 19.8. The molecule has 17 nitrogen and oxygen atoms in total. The molecule has 0 unspecified atom stereocenters. The predicted molar refractivity (Wildman–Crippen MR) is 322 cm³/mol. The second-order valence-corrected chi connectivity index (χ2v) is 26.7. The van der Waals surface area contributed by atoms with Gasteiger partial charge in [-0.15, -0.1) is 0 Å². The first kappa shape index (κ1) is 54.4. The molecule has 5 aliphatic rings. The summed E-state index contributed by atoms with van der Waals surface area (Å²) in [5.74, 6) is 0.586. The number of rotatable bonds is 21. The van der Waals surface area contributed by atoms with E-state index < -0.39 is 14.0 Å². The lowest BCUT2D eigenvalue weighted by Crippen LogP contribution is -2.50. The van der Waals surface area contributed by atoms with Crippen molar-refractivity contribution in [1.29, 1.82) is 0 Å². The van der Waals surface area contributed by atoms with Crippen molar-refractivity contribution in [2.24, 2.45) is 0 Å². The minimum absolute atomic E-state index is 0.0435. The number of anilines is 2. The van der Waals surface area contributed by atoms with E-state index in [2.05, 4.69) is 121 Å². The molecule has 4 aliphatic heterocycles. The minimum Gasteiger partial charge on any atom is -0.545 e. The number of carbonyl (C=O) groups is 3. The van der Waals surface area contributed by atoms with E-state index in [-0.39, 0.29) is 30.5 Å². The van der Waals surface area contributed by atoms with E-state index in [9.17, 15) is 19.5 Å². The largest absolute Gasteiger partial charge is 0.545 e. The second kappa shape index (κ2) is 23.7. The summed E-state index contributed by atoms with van der Waals surface area (Å²) in [4.78, 5) is 62.9. The van der Waals surface area contributed by atoms with Crippen molar-refractivity contribution in [3.8, 4) is 28.5 Å². The van der Waals surface area contributed by atoms with Crippen molar-refractivity contribution >= 4 is 75.8 Å². The van der Waals surface area contributed by atoms with Gasteiger partial charge in [-0.25, -0.2) is 14.5 Å². The summed E-state index contributed by atoms with van der Waals surface area (Å²) in [7, 11) is -0.0964. The first-order valence-electron chi connectivity index (χ1n) is 28.8. The summed E-state index contributed by atoms with van der Waals surface area (Å²) in [6.07, 6.45) is 9.84. The van der Waals surface area contributed by atoms with Crippen molar-refractivity contribution < 1.29 is 38.3 Å². The summed E-state index contributed by atoms with van der Waals surface area (Å²) >= 11 is 0. The van der Waals surface area contributed by atoms with Gasteiger partial charge in [-0.05, 0) is 144 Å². The Labute approximate surface area is 478 Å². The SMILES string of the molecule is CN1CCN(c2ccc3[nH]c(-c4ccc5nc(-c6ccc(OCCCC(=O)NCCOCCOCCNC(=O)c7ccc(C(=O)[O-])c(C8=C9C=CC(=[N+]%10CCC%10)C=C9[Si](C)(C)c9cc(N%10CCC%10)ccc98)c7)cc6)[nH]c5c4)nc3c2)CC1. The number of carboxylic acid groups (broad SMARTS) is 1. The minimum atomic E-state index is -2.26. The molecule has 82 heavy (non-hydrogen) atoms. The molecule has 0 spiro atoms. The van der Waals surface area contributed by atoms with E-state index >= 15 is 0 Å². The Balaban J connectivity index is 0.558. The lowest BCUT2D eigenvalue weighted by atomic mass is 9.86. The van der Waals surface area contributed by atoms with Crippen LogP contribution in [0.5, 0.6) is 5.75 Å². The molecule has 6 heterocycles. The van der Waals surface area contributed by atoms with Crippen LogP contribution in [0, 0.1) is 0 Å². The molecule has 1 aliphatic carbocycles.